The molecule has 0 radical (unpaired) electrons. The van der Waals surface area contributed by atoms with Crippen LogP contribution in [0, 0.1) is 6.92 Å². The molecule has 0 saturated heterocycles. The molecule has 26 heavy (non-hydrogen) atoms. The minimum Gasteiger partial charge on any atom is -0.348 e. The topological polar surface area (TPSA) is 72.7 Å². The third-order valence-electron chi connectivity index (χ3n) is 4.01. The number of aromatic nitrogens is 4. The van der Waals surface area contributed by atoms with Gasteiger partial charge in [0, 0.05) is 11.4 Å². The van der Waals surface area contributed by atoms with E-state index in [2.05, 4.69) is 20.7 Å². The number of nitrogens with one attached hydrogen (secondary N) is 1. The molecule has 0 aliphatic rings. The number of hydrogen-bond acceptors (Lipinski definition) is 4. The monoisotopic (exact) mass is 369 g/mol. The fourth-order valence-electron chi connectivity index (χ4n) is 2.55. The lowest BCUT2D eigenvalue weighted by atomic mass is 10.1. The highest BCUT2D eigenvalue weighted by molar-refractivity contribution is 6.30. The normalized spacial score (nSPS) is 12.0. The van der Waals surface area contributed by atoms with Gasteiger partial charge in [-0.1, -0.05) is 53.6 Å². The van der Waals surface area contributed by atoms with Gasteiger partial charge in [-0.25, -0.2) is 0 Å². The van der Waals surface area contributed by atoms with Gasteiger partial charge in [-0.05, 0) is 42.3 Å². The summed E-state index contributed by atoms with van der Waals surface area (Å²) in [5, 5.41) is 15.8. The molecule has 0 fully saturated rings. The minimum atomic E-state index is -0.174. The minimum absolute atomic E-state index is 0.0266. The second-order valence-corrected chi connectivity index (χ2v) is 6.68. The number of carbonyl (C=O) groups excluding carboxylic acids is 1. The molecule has 1 amide bonds. The molecular weight excluding hydrogens is 350 g/mol. The van der Waals surface area contributed by atoms with Crippen LogP contribution in [0.15, 0.2) is 48.5 Å². The van der Waals surface area contributed by atoms with Crippen molar-refractivity contribution in [2.45, 2.75) is 32.9 Å². The van der Waals surface area contributed by atoms with Gasteiger partial charge < -0.3 is 5.32 Å². The molecule has 2 aromatic carbocycles. The Morgan fingerprint density at radius 2 is 1.85 bits per heavy atom. The third-order valence-corrected chi connectivity index (χ3v) is 4.26. The summed E-state index contributed by atoms with van der Waals surface area (Å²) in [6.07, 6.45) is 0.586. The number of hydrogen-bond donors (Lipinski definition) is 1. The van der Waals surface area contributed by atoms with Gasteiger partial charge in [0.05, 0.1) is 6.04 Å². The summed E-state index contributed by atoms with van der Waals surface area (Å²) < 4.78 is 0. The molecule has 1 aromatic heterocycles. The van der Waals surface area contributed by atoms with Crippen LogP contribution in [0.3, 0.4) is 0 Å². The van der Waals surface area contributed by atoms with Crippen LogP contribution >= 0.6 is 11.6 Å². The number of carbonyl (C=O) groups is 1. The lowest BCUT2D eigenvalue weighted by Crippen LogP contribution is -2.30. The van der Waals surface area contributed by atoms with Gasteiger partial charge >= 0.3 is 0 Å². The van der Waals surface area contributed by atoms with E-state index in [1.807, 2.05) is 50.2 Å². The lowest BCUT2D eigenvalue weighted by molar-refractivity contribution is -0.122. The molecule has 0 bridgehead atoms. The number of halogens is 1. The molecule has 1 unspecified atom stereocenters. The van der Waals surface area contributed by atoms with Gasteiger partial charge in [-0.3, -0.25) is 4.79 Å². The van der Waals surface area contributed by atoms with Gasteiger partial charge in [0.15, 0.2) is 5.82 Å². The number of amides is 1. The van der Waals surface area contributed by atoms with Crippen molar-refractivity contribution in [3.63, 3.8) is 0 Å². The molecule has 0 aliphatic carbocycles. The van der Waals surface area contributed by atoms with Crippen molar-refractivity contribution in [2.75, 3.05) is 0 Å². The number of aryl methyl sites for hydroxylation is 1. The zero-order valence-corrected chi connectivity index (χ0v) is 15.4. The Balaban J connectivity index is 1.55. The van der Waals surface area contributed by atoms with Gasteiger partial charge in [0.1, 0.15) is 6.54 Å². The van der Waals surface area contributed by atoms with Crippen molar-refractivity contribution < 1.29 is 4.79 Å². The Hall–Kier alpha value is -2.73. The van der Waals surface area contributed by atoms with Crippen LogP contribution < -0.4 is 5.32 Å². The molecule has 1 N–H and O–H groups in total. The maximum atomic E-state index is 12.2. The number of tetrazole rings is 1. The van der Waals surface area contributed by atoms with E-state index < -0.39 is 0 Å². The van der Waals surface area contributed by atoms with E-state index in [4.69, 9.17) is 11.6 Å². The van der Waals surface area contributed by atoms with Crippen LogP contribution in [-0.4, -0.2) is 26.1 Å². The van der Waals surface area contributed by atoms with E-state index in [1.165, 1.54) is 10.4 Å². The van der Waals surface area contributed by atoms with Gasteiger partial charge in [0.2, 0.25) is 5.91 Å². The first-order valence-electron chi connectivity index (χ1n) is 8.36. The van der Waals surface area contributed by atoms with E-state index in [1.54, 1.807) is 12.1 Å². The molecule has 0 spiro atoms. The molecule has 3 aromatic rings. The fraction of sp³-hybridized carbons (Fsp3) is 0.263. The van der Waals surface area contributed by atoms with Gasteiger partial charge in [0.25, 0.3) is 0 Å². The summed E-state index contributed by atoms with van der Waals surface area (Å²) in [6.45, 7) is 3.99. The molecule has 134 valence electrons. The third kappa shape index (κ3) is 4.89. The summed E-state index contributed by atoms with van der Waals surface area (Å²) in [7, 11) is 0. The quantitative estimate of drug-likeness (QED) is 0.724. The second-order valence-electron chi connectivity index (χ2n) is 6.24. The average Bonchev–Trinajstić information content (AvgIpc) is 3.04. The Labute approximate surface area is 157 Å². The van der Waals surface area contributed by atoms with E-state index in [9.17, 15) is 4.79 Å². The molecule has 6 nitrogen and oxygen atoms in total. The zero-order valence-electron chi connectivity index (χ0n) is 14.7. The standard InChI is InChI=1S/C19H20ClN5O/c1-13-3-5-15(6-4-13)11-18-22-24-25(23-18)12-19(26)21-14(2)16-7-9-17(20)10-8-16/h3-10,14H,11-12H2,1-2H3,(H,21,26). The SMILES string of the molecule is Cc1ccc(Cc2nnn(CC(=O)NC(C)c3ccc(Cl)cc3)n2)cc1. The first kappa shape index (κ1) is 18.1. The van der Waals surface area contributed by atoms with Crippen molar-refractivity contribution in [3.8, 4) is 0 Å². The van der Waals surface area contributed by atoms with Crippen molar-refractivity contribution >= 4 is 17.5 Å². The van der Waals surface area contributed by atoms with Crippen molar-refractivity contribution in [1.82, 2.24) is 25.5 Å². The maximum absolute atomic E-state index is 12.2. The highest BCUT2D eigenvalue weighted by atomic mass is 35.5. The summed E-state index contributed by atoms with van der Waals surface area (Å²) in [5.41, 5.74) is 3.29. The largest absolute Gasteiger partial charge is 0.348 e. The zero-order chi connectivity index (χ0) is 18.5. The predicted molar refractivity (Wildman–Crippen MR) is 99.8 cm³/mol. The van der Waals surface area contributed by atoms with Crippen molar-refractivity contribution in [2.24, 2.45) is 0 Å². The molecular formula is C19H20ClN5O. The number of nitrogens with zero attached hydrogens (tertiary/aromatic N) is 4. The highest BCUT2D eigenvalue weighted by Gasteiger charge is 2.12. The Kier molecular flexibility index (Phi) is 5.63. The van der Waals surface area contributed by atoms with E-state index in [0.29, 0.717) is 17.3 Å². The Morgan fingerprint density at radius 1 is 1.15 bits per heavy atom. The Morgan fingerprint density at radius 3 is 2.54 bits per heavy atom. The molecule has 0 aliphatic heterocycles. The average molecular weight is 370 g/mol. The molecule has 0 saturated carbocycles. The molecule has 1 heterocycles. The smallest absolute Gasteiger partial charge is 0.244 e. The second kappa shape index (κ2) is 8.10. The van der Waals surface area contributed by atoms with E-state index in [0.717, 1.165) is 11.1 Å². The van der Waals surface area contributed by atoms with Crippen LogP contribution in [0.25, 0.3) is 0 Å². The van der Waals surface area contributed by atoms with Crippen LogP contribution in [0.1, 0.15) is 35.5 Å². The van der Waals surface area contributed by atoms with Gasteiger partial charge in [-0.2, -0.15) is 4.80 Å². The van der Waals surface area contributed by atoms with E-state index in [-0.39, 0.29) is 18.5 Å². The van der Waals surface area contributed by atoms with Crippen molar-refractivity contribution in [1.29, 1.82) is 0 Å². The summed E-state index contributed by atoms with van der Waals surface area (Å²) >= 11 is 5.88. The highest BCUT2D eigenvalue weighted by Crippen LogP contribution is 2.16. The van der Waals surface area contributed by atoms with Crippen molar-refractivity contribution in [3.05, 3.63) is 76.1 Å². The fourth-order valence-corrected chi connectivity index (χ4v) is 2.68. The molecule has 7 heteroatoms. The van der Waals surface area contributed by atoms with Crippen LogP contribution in [-0.2, 0) is 17.8 Å². The number of rotatable bonds is 6. The van der Waals surface area contributed by atoms with Crippen LogP contribution in [0.5, 0.6) is 0 Å². The first-order valence-corrected chi connectivity index (χ1v) is 8.74. The van der Waals surface area contributed by atoms with Crippen LogP contribution in [0.2, 0.25) is 5.02 Å². The number of benzene rings is 2. The van der Waals surface area contributed by atoms with E-state index >= 15 is 0 Å². The first-order chi connectivity index (χ1) is 12.5. The predicted octanol–water partition coefficient (Wildman–Crippen LogP) is 3.10. The Bertz CT molecular complexity index is 874. The summed E-state index contributed by atoms with van der Waals surface area (Å²) in [6, 6.07) is 15.4. The summed E-state index contributed by atoms with van der Waals surface area (Å²) in [5.74, 6) is 0.416. The lowest BCUT2D eigenvalue weighted by Gasteiger charge is -2.14. The van der Waals surface area contributed by atoms with Gasteiger partial charge in [-0.15, -0.1) is 10.2 Å². The molecule has 3 rings (SSSR count). The molecule has 1 atom stereocenters. The van der Waals surface area contributed by atoms with Crippen LogP contribution in [0.4, 0.5) is 0 Å². The summed E-state index contributed by atoms with van der Waals surface area (Å²) in [4.78, 5) is 13.5. The maximum Gasteiger partial charge on any atom is 0.244 e.